The van der Waals surface area contributed by atoms with Crippen LogP contribution in [-0.2, 0) is 17.8 Å². The third-order valence-corrected chi connectivity index (χ3v) is 6.68. The van der Waals surface area contributed by atoms with E-state index < -0.39 is 0 Å². The van der Waals surface area contributed by atoms with E-state index in [0.29, 0.717) is 17.8 Å². The van der Waals surface area contributed by atoms with Gasteiger partial charge in [-0.05, 0) is 61.9 Å². The summed E-state index contributed by atoms with van der Waals surface area (Å²) in [5, 5.41) is 9.28. The average molecular weight is 390 g/mol. The Labute approximate surface area is 175 Å². The molecule has 0 N–H and O–H groups in total. The zero-order chi connectivity index (χ0) is 20.9. The van der Waals surface area contributed by atoms with Crippen LogP contribution in [0.2, 0.25) is 0 Å². The van der Waals surface area contributed by atoms with Gasteiger partial charge in [0, 0.05) is 18.4 Å². The summed E-state index contributed by atoms with van der Waals surface area (Å²) in [6, 6.07) is 16.5. The van der Waals surface area contributed by atoms with Crippen molar-refractivity contribution in [1.29, 1.82) is 5.26 Å². The van der Waals surface area contributed by atoms with E-state index in [1.54, 1.807) is 0 Å². The number of Topliss-reactive ketones (excluding diaryl/α,β-unsaturated/α-hetero) is 1. The number of rotatable bonds is 7. The first kappa shape index (κ1) is 21.3. The van der Waals surface area contributed by atoms with Crippen molar-refractivity contribution in [2.75, 3.05) is 13.1 Å². The minimum Gasteiger partial charge on any atom is -0.311 e. The van der Waals surface area contributed by atoms with Crippen LogP contribution in [-0.4, -0.2) is 29.4 Å². The minimum absolute atomic E-state index is 0.0139. The number of likely N-dealkylation sites (tertiary alicyclic amines) is 1. The zero-order valence-corrected chi connectivity index (χ0v) is 18.1. The van der Waals surface area contributed by atoms with Crippen LogP contribution in [0.4, 0.5) is 0 Å². The van der Waals surface area contributed by atoms with E-state index in [0.717, 1.165) is 30.5 Å². The molecular formula is C26H33N2O+. The molecular weight excluding hydrogens is 356 g/mol. The standard InChI is InChI=1S/C26H33N2O/c1-4-25(26(29)17-24-20(2)10-8-11-21(24)3)28(14-6-5-7-15-28)19-23-13-9-12-22(16-23)18-27/h8-13,16,25H,4-7,14-15,17,19H2,1-3H3/q+1. The Morgan fingerprint density at radius 1 is 1.07 bits per heavy atom. The van der Waals surface area contributed by atoms with Gasteiger partial charge in [0.2, 0.25) is 0 Å². The summed E-state index contributed by atoms with van der Waals surface area (Å²) in [7, 11) is 0. The second-order valence-electron chi connectivity index (χ2n) is 8.63. The predicted molar refractivity (Wildman–Crippen MR) is 117 cm³/mol. The van der Waals surface area contributed by atoms with Gasteiger partial charge in [-0.3, -0.25) is 4.79 Å². The van der Waals surface area contributed by atoms with Gasteiger partial charge in [-0.25, -0.2) is 0 Å². The van der Waals surface area contributed by atoms with Gasteiger partial charge in [0.25, 0.3) is 0 Å². The Morgan fingerprint density at radius 2 is 1.72 bits per heavy atom. The highest BCUT2D eigenvalue weighted by Gasteiger charge is 2.41. The Hall–Kier alpha value is -2.44. The molecule has 2 aromatic carbocycles. The molecule has 1 aliphatic heterocycles. The number of carbonyl (C=O) groups is 1. The van der Waals surface area contributed by atoms with Crippen LogP contribution in [0, 0.1) is 25.2 Å². The van der Waals surface area contributed by atoms with Gasteiger partial charge in [-0.1, -0.05) is 37.3 Å². The number of ketones is 1. The monoisotopic (exact) mass is 389 g/mol. The van der Waals surface area contributed by atoms with Gasteiger partial charge in [0.1, 0.15) is 12.6 Å². The first-order valence-corrected chi connectivity index (χ1v) is 10.9. The number of nitriles is 1. The number of nitrogens with zero attached hydrogens (tertiary/aromatic N) is 2. The molecule has 1 saturated heterocycles. The van der Waals surface area contributed by atoms with Crippen LogP contribution < -0.4 is 0 Å². The maximum Gasteiger partial charge on any atom is 0.194 e. The second-order valence-corrected chi connectivity index (χ2v) is 8.63. The molecule has 1 heterocycles. The van der Waals surface area contributed by atoms with Gasteiger partial charge in [0.15, 0.2) is 5.78 Å². The zero-order valence-electron chi connectivity index (χ0n) is 18.1. The Morgan fingerprint density at radius 3 is 2.34 bits per heavy atom. The molecule has 1 aliphatic rings. The van der Waals surface area contributed by atoms with Crippen molar-refractivity contribution in [2.45, 2.75) is 65.5 Å². The summed E-state index contributed by atoms with van der Waals surface area (Å²) in [4.78, 5) is 13.6. The number of aryl methyl sites for hydroxylation is 2. The van der Waals surface area contributed by atoms with Crippen molar-refractivity contribution in [3.05, 3.63) is 70.3 Å². The van der Waals surface area contributed by atoms with E-state index >= 15 is 0 Å². The minimum atomic E-state index is 0.0139. The van der Waals surface area contributed by atoms with Crippen molar-refractivity contribution in [3.63, 3.8) is 0 Å². The van der Waals surface area contributed by atoms with Crippen molar-refractivity contribution in [2.24, 2.45) is 0 Å². The Kier molecular flexibility index (Phi) is 6.87. The number of benzene rings is 2. The van der Waals surface area contributed by atoms with E-state index in [1.165, 1.54) is 41.5 Å². The molecule has 152 valence electrons. The van der Waals surface area contributed by atoms with E-state index in [-0.39, 0.29) is 6.04 Å². The number of quaternary nitrogens is 1. The van der Waals surface area contributed by atoms with Crippen LogP contribution in [0.5, 0.6) is 0 Å². The first-order valence-electron chi connectivity index (χ1n) is 10.9. The van der Waals surface area contributed by atoms with E-state index in [2.05, 4.69) is 51.1 Å². The molecule has 0 saturated carbocycles. The molecule has 0 aromatic heterocycles. The summed E-state index contributed by atoms with van der Waals surface area (Å²) < 4.78 is 0.842. The molecule has 0 aliphatic carbocycles. The smallest absolute Gasteiger partial charge is 0.194 e. The fourth-order valence-corrected chi connectivity index (χ4v) is 5.17. The molecule has 0 bridgehead atoms. The molecule has 29 heavy (non-hydrogen) atoms. The number of hydrogen-bond donors (Lipinski definition) is 0. The number of hydrogen-bond acceptors (Lipinski definition) is 2. The molecule has 1 fully saturated rings. The highest BCUT2D eigenvalue weighted by molar-refractivity contribution is 5.85. The summed E-state index contributed by atoms with van der Waals surface area (Å²) in [5.74, 6) is 0.364. The Balaban J connectivity index is 1.90. The van der Waals surface area contributed by atoms with Crippen molar-refractivity contribution >= 4 is 5.78 Å². The van der Waals surface area contributed by atoms with Crippen LogP contribution in [0.1, 0.15) is 60.4 Å². The maximum atomic E-state index is 13.6. The highest BCUT2D eigenvalue weighted by Crippen LogP contribution is 2.30. The second kappa shape index (κ2) is 9.37. The van der Waals surface area contributed by atoms with Gasteiger partial charge < -0.3 is 4.48 Å². The molecule has 0 radical (unpaired) electrons. The van der Waals surface area contributed by atoms with E-state index in [9.17, 15) is 10.1 Å². The first-order chi connectivity index (χ1) is 14.0. The number of piperidine rings is 1. The molecule has 1 unspecified atom stereocenters. The van der Waals surface area contributed by atoms with Crippen LogP contribution in [0.15, 0.2) is 42.5 Å². The number of carbonyl (C=O) groups excluding carboxylic acids is 1. The van der Waals surface area contributed by atoms with Gasteiger partial charge >= 0.3 is 0 Å². The molecule has 0 amide bonds. The van der Waals surface area contributed by atoms with Gasteiger partial charge in [-0.2, -0.15) is 5.26 Å². The van der Waals surface area contributed by atoms with E-state index in [4.69, 9.17) is 0 Å². The summed E-state index contributed by atoms with van der Waals surface area (Å²) in [6.45, 7) is 9.31. The molecule has 3 rings (SSSR count). The topological polar surface area (TPSA) is 40.9 Å². The van der Waals surface area contributed by atoms with Crippen LogP contribution in [0.3, 0.4) is 0 Å². The summed E-state index contributed by atoms with van der Waals surface area (Å²) in [5.41, 5.74) is 5.48. The van der Waals surface area contributed by atoms with Crippen molar-refractivity contribution in [1.82, 2.24) is 0 Å². The normalized spacial score (nSPS) is 16.8. The highest BCUT2D eigenvalue weighted by atomic mass is 16.1. The molecule has 2 aromatic rings. The fourth-order valence-electron chi connectivity index (χ4n) is 5.17. The average Bonchev–Trinajstić information content (AvgIpc) is 2.72. The van der Waals surface area contributed by atoms with E-state index in [1.807, 2.05) is 18.2 Å². The lowest BCUT2D eigenvalue weighted by Crippen LogP contribution is -2.60. The third kappa shape index (κ3) is 4.77. The lowest BCUT2D eigenvalue weighted by molar-refractivity contribution is -0.959. The SMILES string of the molecule is CCC(C(=O)Cc1c(C)cccc1C)[N+]1(Cc2cccc(C#N)c2)CCCCC1. The predicted octanol–water partition coefficient (Wildman–Crippen LogP) is 5.27. The van der Waals surface area contributed by atoms with Crippen molar-refractivity contribution in [3.8, 4) is 6.07 Å². The molecule has 3 nitrogen and oxygen atoms in total. The lowest BCUT2D eigenvalue weighted by Gasteiger charge is -2.46. The fraction of sp³-hybridized carbons (Fsp3) is 0.462. The quantitative estimate of drug-likeness (QED) is 0.606. The third-order valence-electron chi connectivity index (χ3n) is 6.68. The van der Waals surface area contributed by atoms with Crippen LogP contribution in [0.25, 0.3) is 0 Å². The molecule has 0 spiro atoms. The molecule has 3 heteroatoms. The van der Waals surface area contributed by atoms with Gasteiger partial charge in [0.05, 0.1) is 24.7 Å². The molecule has 1 atom stereocenters. The largest absolute Gasteiger partial charge is 0.311 e. The van der Waals surface area contributed by atoms with Crippen molar-refractivity contribution < 1.29 is 9.28 Å². The maximum absolute atomic E-state index is 13.6. The lowest BCUT2D eigenvalue weighted by atomic mass is 9.91. The Bertz CT molecular complexity index is 883. The van der Waals surface area contributed by atoms with Crippen LogP contribution >= 0.6 is 0 Å². The summed E-state index contributed by atoms with van der Waals surface area (Å²) in [6.07, 6.45) is 4.98. The van der Waals surface area contributed by atoms with Gasteiger partial charge in [-0.15, -0.1) is 0 Å². The summed E-state index contributed by atoms with van der Waals surface area (Å²) >= 11 is 0.